The number of hydrogen-bond acceptors (Lipinski definition) is 5. The summed E-state index contributed by atoms with van der Waals surface area (Å²) in [5.41, 5.74) is 0. The lowest BCUT2D eigenvalue weighted by atomic mass is 10.7. The number of hydrogen-bond donors (Lipinski definition) is 0. The van der Waals surface area contributed by atoms with Crippen LogP contribution < -0.4 is 0 Å². The summed E-state index contributed by atoms with van der Waals surface area (Å²) >= 11 is 0. The van der Waals surface area contributed by atoms with Gasteiger partial charge in [0.15, 0.2) is 0 Å². The Morgan fingerprint density at radius 3 is 1.62 bits per heavy atom. The van der Waals surface area contributed by atoms with Gasteiger partial charge in [0.25, 0.3) is 0 Å². The Bertz CT molecular complexity index is 166. The number of terminal acetylenes is 1. The lowest BCUT2D eigenvalue weighted by Gasteiger charge is -2.06. The van der Waals surface area contributed by atoms with E-state index in [0.29, 0.717) is 52.9 Å². The molecule has 0 rings (SSSR count). The van der Waals surface area contributed by atoms with Crippen LogP contribution in [0.4, 0.5) is 0 Å². The molecule has 0 aromatic heterocycles. The van der Waals surface area contributed by atoms with Crippen molar-refractivity contribution in [1.82, 2.24) is 0 Å². The molecule has 0 fully saturated rings. The van der Waals surface area contributed by atoms with Crippen LogP contribution in [0, 0.1) is 12.5 Å². The van der Waals surface area contributed by atoms with Crippen LogP contribution >= 0.6 is 0 Å². The Hall–Kier alpha value is -0.800. The van der Waals surface area contributed by atoms with Crippen molar-refractivity contribution >= 4 is 0 Å². The zero-order valence-corrected chi connectivity index (χ0v) is 9.78. The summed E-state index contributed by atoms with van der Waals surface area (Å²) in [5, 5.41) is 0. The molecule has 0 atom stereocenters. The summed E-state index contributed by atoms with van der Waals surface area (Å²) in [4.78, 5) is 0. The predicted molar refractivity (Wildman–Crippen MR) is 59.1 cm³/mol. The normalized spacial score (nSPS) is 10.0. The molecule has 0 heterocycles. The van der Waals surface area contributed by atoms with E-state index in [1.807, 2.05) is 0 Å². The third kappa shape index (κ3) is 13.2. The summed E-state index contributed by atoms with van der Waals surface area (Å²) in [5.74, 6) is 0. The number of ether oxygens (including phenoxy) is 5. The minimum atomic E-state index is 0.413. The minimum absolute atomic E-state index is 0.413. The van der Waals surface area contributed by atoms with Crippen molar-refractivity contribution in [3.05, 3.63) is 0 Å². The van der Waals surface area contributed by atoms with Gasteiger partial charge in [-0.1, -0.05) is 6.42 Å². The number of methoxy groups -OCH3 is 1. The predicted octanol–water partition coefficient (Wildman–Crippen LogP) is 0.290. The molecule has 0 N–H and O–H groups in total. The van der Waals surface area contributed by atoms with Crippen molar-refractivity contribution < 1.29 is 23.7 Å². The molecule has 16 heavy (non-hydrogen) atoms. The summed E-state index contributed by atoms with van der Waals surface area (Å²) < 4.78 is 25.1. The van der Waals surface area contributed by atoms with Crippen LogP contribution in [0.25, 0.3) is 0 Å². The third-order valence-corrected chi connectivity index (χ3v) is 1.59. The van der Waals surface area contributed by atoms with E-state index in [-0.39, 0.29) is 0 Å². The first-order valence-corrected chi connectivity index (χ1v) is 5.21. The summed E-state index contributed by atoms with van der Waals surface area (Å²) in [7, 11) is 1.64. The van der Waals surface area contributed by atoms with Gasteiger partial charge in [0, 0.05) is 7.11 Å². The van der Waals surface area contributed by atoms with E-state index in [4.69, 9.17) is 25.4 Å². The Kier molecular flexibility index (Phi) is 13.5. The quantitative estimate of drug-likeness (QED) is 0.357. The Labute approximate surface area is 97.0 Å². The van der Waals surface area contributed by atoms with Gasteiger partial charge in [-0.05, 0) is 0 Å². The maximum absolute atomic E-state index is 5.25. The summed E-state index contributed by atoms with van der Waals surface area (Å²) in [6.07, 6.45) is 6.95. The molecule has 0 amide bonds. The van der Waals surface area contributed by atoms with Crippen LogP contribution in [0.1, 0.15) is 0 Å². The Morgan fingerprint density at radius 2 is 1.19 bits per heavy atom. The molecule has 0 bridgehead atoms. The minimum Gasteiger partial charge on any atom is -0.444 e. The second kappa shape index (κ2) is 14.2. The molecule has 0 aliphatic carbocycles. The molecular weight excluding hydrogens is 212 g/mol. The van der Waals surface area contributed by atoms with E-state index in [9.17, 15) is 0 Å². The monoisotopic (exact) mass is 232 g/mol. The fourth-order valence-corrected chi connectivity index (χ4v) is 0.844. The van der Waals surface area contributed by atoms with Gasteiger partial charge in [-0.15, -0.1) is 0 Å². The molecule has 0 aromatic rings. The second-order valence-electron chi connectivity index (χ2n) is 2.80. The van der Waals surface area contributed by atoms with Gasteiger partial charge in [-0.3, -0.25) is 0 Å². The first-order valence-electron chi connectivity index (χ1n) is 5.21. The van der Waals surface area contributed by atoms with Crippen LogP contribution in [-0.4, -0.2) is 60.0 Å². The van der Waals surface area contributed by atoms with Crippen LogP contribution in [-0.2, 0) is 23.7 Å². The Morgan fingerprint density at radius 1 is 0.750 bits per heavy atom. The smallest absolute Gasteiger partial charge is 0.123 e. The van der Waals surface area contributed by atoms with Gasteiger partial charge in [0.05, 0.1) is 46.2 Å². The zero-order chi connectivity index (χ0) is 11.9. The number of rotatable bonds is 12. The molecule has 0 aliphatic rings. The summed E-state index contributed by atoms with van der Waals surface area (Å²) in [6, 6.07) is 0. The van der Waals surface area contributed by atoms with Gasteiger partial charge < -0.3 is 23.7 Å². The van der Waals surface area contributed by atoms with Gasteiger partial charge in [0.1, 0.15) is 12.7 Å². The van der Waals surface area contributed by atoms with Gasteiger partial charge >= 0.3 is 0 Å². The van der Waals surface area contributed by atoms with Crippen molar-refractivity contribution in [3.63, 3.8) is 0 Å². The van der Waals surface area contributed by atoms with Gasteiger partial charge in [-0.2, -0.15) is 0 Å². The topological polar surface area (TPSA) is 46.2 Å². The van der Waals surface area contributed by atoms with Crippen molar-refractivity contribution in [2.75, 3.05) is 60.0 Å². The SMILES string of the molecule is C#COCCOCCOCCOCCOC. The second-order valence-corrected chi connectivity index (χ2v) is 2.80. The highest BCUT2D eigenvalue weighted by molar-refractivity contribution is 4.67. The molecule has 0 radical (unpaired) electrons. The lowest BCUT2D eigenvalue weighted by Crippen LogP contribution is -2.12. The molecular formula is C11H20O5. The fraction of sp³-hybridized carbons (Fsp3) is 0.818. The maximum Gasteiger partial charge on any atom is 0.123 e. The zero-order valence-electron chi connectivity index (χ0n) is 9.78. The van der Waals surface area contributed by atoms with Gasteiger partial charge in [0.2, 0.25) is 0 Å². The standard InChI is InChI=1S/C11H20O5/c1-3-13-6-7-15-10-11-16-9-8-14-5-4-12-2/h1H,4-11H2,2H3. The molecule has 5 nitrogen and oxygen atoms in total. The van der Waals surface area contributed by atoms with Gasteiger partial charge in [-0.25, -0.2) is 0 Å². The van der Waals surface area contributed by atoms with Crippen LogP contribution in [0.5, 0.6) is 0 Å². The lowest BCUT2D eigenvalue weighted by molar-refractivity contribution is -0.000999. The average Bonchev–Trinajstić information content (AvgIpc) is 2.31. The van der Waals surface area contributed by atoms with Crippen molar-refractivity contribution in [3.8, 4) is 12.5 Å². The van der Waals surface area contributed by atoms with Crippen LogP contribution in [0.3, 0.4) is 0 Å². The van der Waals surface area contributed by atoms with E-state index < -0.39 is 0 Å². The fourth-order valence-electron chi connectivity index (χ4n) is 0.844. The Balaban J connectivity index is 2.86. The highest BCUT2D eigenvalue weighted by Crippen LogP contribution is 1.82. The van der Waals surface area contributed by atoms with Crippen molar-refractivity contribution in [2.24, 2.45) is 0 Å². The maximum atomic E-state index is 5.25. The first kappa shape index (κ1) is 15.2. The van der Waals surface area contributed by atoms with Crippen LogP contribution in [0.15, 0.2) is 0 Å². The highest BCUT2D eigenvalue weighted by Gasteiger charge is 1.91. The third-order valence-electron chi connectivity index (χ3n) is 1.59. The molecule has 0 saturated heterocycles. The summed E-state index contributed by atoms with van der Waals surface area (Å²) in [6.45, 7) is 4.32. The molecule has 0 aliphatic heterocycles. The average molecular weight is 232 g/mol. The molecule has 5 heteroatoms. The first-order chi connectivity index (χ1) is 7.91. The van der Waals surface area contributed by atoms with E-state index in [2.05, 4.69) is 10.8 Å². The van der Waals surface area contributed by atoms with E-state index in [1.165, 1.54) is 0 Å². The van der Waals surface area contributed by atoms with Crippen molar-refractivity contribution in [1.29, 1.82) is 0 Å². The molecule has 0 aromatic carbocycles. The van der Waals surface area contributed by atoms with E-state index >= 15 is 0 Å². The largest absolute Gasteiger partial charge is 0.444 e. The molecule has 0 spiro atoms. The molecule has 0 unspecified atom stereocenters. The van der Waals surface area contributed by atoms with Crippen molar-refractivity contribution in [2.45, 2.75) is 0 Å². The molecule has 94 valence electrons. The highest BCUT2D eigenvalue weighted by atomic mass is 16.6. The van der Waals surface area contributed by atoms with E-state index in [1.54, 1.807) is 7.11 Å². The van der Waals surface area contributed by atoms with Crippen LogP contribution in [0.2, 0.25) is 0 Å². The molecule has 0 saturated carbocycles. The van der Waals surface area contributed by atoms with E-state index in [0.717, 1.165) is 0 Å².